The van der Waals surface area contributed by atoms with E-state index in [-0.39, 0.29) is 18.2 Å². The zero-order valence-electron chi connectivity index (χ0n) is 15.8. The van der Waals surface area contributed by atoms with Crippen molar-refractivity contribution in [2.45, 2.75) is 29.8 Å². The molecule has 3 rings (SSSR count). The van der Waals surface area contributed by atoms with Crippen molar-refractivity contribution >= 4 is 23.4 Å². The Kier molecular flexibility index (Phi) is 6.35. The molecule has 7 heteroatoms. The molecular weight excluding hydrogens is 385 g/mol. The molecular formula is C21H23F3N2OS. The first-order chi connectivity index (χ1) is 13.3. The van der Waals surface area contributed by atoms with Crippen molar-refractivity contribution in [1.29, 1.82) is 0 Å². The van der Waals surface area contributed by atoms with Crippen molar-refractivity contribution in [3.05, 3.63) is 59.2 Å². The lowest BCUT2D eigenvalue weighted by molar-refractivity contribution is -0.137. The lowest BCUT2D eigenvalue weighted by Crippen LogP contribution is -2.24. The Hall–Kier alpha value is -1.99. The summed E-state index contributed by atoms with van der Waals surface area (Å²) in [5, 5.41) is 2.96. The maximum atomic E-state index is 12.8. The van der Waals surface area contributed by atoms with Crippen LogP contribution in [0.1, 0.15) is 35.4 Å². The molecule has 1 aliphatic heterocycles. The first-order valence-corrected chi connectivity index (χ1v) is 10.1. The SMILES string of the molecule is CN(C)CCCSc1cccc2c1NC(=O)CC2c1ccc(C(F)(F)F)cc1. The number of hydrogen-bond acceptors (Lipinski definition) is 3. The Morgan fingerprint density at radius 2 is 1.86 bits per heavy atom. The van der Waals surface area contributed by atoms with E-state index in [0.29, 0.717) is 0 Å². The van der Waals surface area contributed by atoms with E-state index in [2.05, 4.69) is 10.2 Å². The predicted octanol–water partition coefficient (Wildman–Crippen LogP) is 5.22. The van der Waals surface area contributed by atoms with Crippen LogP contribution in [0, 0.1) is 0 Å². The van der Waals surface area contributed by atoms with Gasteiger partial charge in [-0.3, -0.25) is 4.79 Å². The lowest BCUT2D eigenvalue weighted by Gasteiger charge is -2.28. The zero-order valence-corrected chi connectivity index (χ0v) is 16.7. The summed E-state index contributed by atoms with van der Waals surface area (Å²) in [6.07, 6.45) is -3.11. The number of para-hydroxylation sites is 1. The summed E-state index contributed by atoms with van der Waals surface area (Å²) in [5.41, 5.74) is 1.79. The van der Waals surface area contributed by atoms with Crippen molar-refractivity contribution in [3.63, 3.8) is 0 Å². The van der Waals surface area contributed by atoms with Gasteiger partial charge in [0.05, 0.1) is 11.3 Å². The highest BCUT2D eigenvalue weighted by molar-refractivity contribution is 7.99. The minimum Gasteiger partial charge on any atom is -0.325 e. The number of nitrogens with one attached hydrogen (secondary N) is 1. The lowest BCUT2D eigenvalue weighted by atomic mass is 9.84. The molecule has 1 unspecified atom stereocenters. The Bertz CT molecular complexity index is 835. The van der Waals surface area contributed by atoms with Crippen LogP contribution in [0.4, 0.5) is 18.9 Å². The van der Waals surface area contributed by atoms with Gasteiger partial charge in [0.2, 0.25) is 5.91 Å². The van der Waals surface area contributed by atoms with E-state index < -0.39 is 11.7 Å². The predicted molar refractivity (Wildman–Crippen MR) is 107 cm³/mol. The van der Waals surface area contributed by atoms with Gasteiger partial charge in [0, 0.05) is 17.2 Å². The highest BCUT2D eigenvalue weighted by atomic mass is 32.2. The fraction of sp³-hybridized carbons (Fsp3) is 0.381. The third-order valence-electron chi connectivity index (χ3n) is 4.74. The number of nitrogens with zero attached hydrogens (tertiary/aromatic N) is 1. The first kappa shape index (κ1) is 20.7. The molecule has 1 N–H and O–H groups in total. The molecule has 2 aromatic rings. The molecule has 0 aliphatic carbocycles. The van der Waals surface area contributed by atoms with Crippen LogP contribution in [0.25, 0.3) is 0 Å². The molecule has 1 heterocycles. The smallest absolute Gasteiger partial charge is 0.325 e. The summed E-state index contributed by atoms with van der Waals surface area (Å²) in [6, 6.07) is 11.0. The van der Waals surface area contributed by atoms with Crippen LogP contribution in [0.15, 0.2) is 47.4 Å². The van der Waals surface area contributed by atoms with E-state index in [4.69, 9.17) is 0 Å². The van der Waals surface area contributed by atoms with E-state index in [0.717, 1.165) is 52.6 Å². The van der Waals surface area contributed by atoms with E-state index in [9.17, 15) is 18.0 Å². The molecule has 1 aliphatic rings. The van der Waals surface area contributed by atoms with Gasteiger partial charge in [-0.2, -0.15) is 13.2 Å². The minimum atomic E-state index is -4.36. The van der Waals surface area contributed by atoms with Gasteiger partial charge in [0.25, 0.3) is 0 Å². The van der Waals surface area contributed by atoms with Gasteiger partial charge in [-0.1, -0.05) is 24.3 Å². The van der Waals surface area contributed by atoms with Crippen LogP contribution in [0.3, 0.4) is 0 Å². The fourth-order valence-electron chi connectivity index (χ4n) is 3.34. The summed E-state index contributed by atoms with van der Waals surface area (Å²) >= 11 is 1.69. The second kappa shape index (κ2) is 8.57. The van der Waals surface area contributed by atoms with Gasteiger partial charge in [0.15, 0.2) is 0 Å². The van der Waals surface area contributed by atoms with Crippen LogP contribution < -0.4 is 5.32 Å². The number of fused-ring (bicyclic) bond motifs is 1. The summed E-state index contributed by atoms with van der Waals surface area (Å²) in [5.74, 6) is 0.572. The Morgan fingerprint density at radius 1 is 1.14 bits per heavy atom. The number of benzene rings is 2. The van der Waals surface area contributed by atoms with E-state index in [1.54, 1.807) is 11.8 Å². The summed E-state index contributed by atoms with van der Waals surface area (Å²) < 4.78 is 38.5. The molecule has 0 fully saturated rings. The standard InChI is InChI=1S/C21H23F3N2OS/c1-26(2)11-4-12-28-18-6-3-5-16-17(13-19(27)25-20(16)18)14-7-9-15(10-8-14)21(22,23)24/h3,5-10,17H,4,11-13H2,1-2H3,(H,25,27). The number of amides is 1. The monoisotopic (exact) mass is 408 g/mol. The molecule has 2 aromatic carbocycles. The number of carbonyl (C=O) groups excluding carboxylic acids is 1. The Morgan fingerprint density at radius 3 is 2.50 bits per heavy atom. The first-order valence-electron chi connectivity index (χ1n) is 9.13. The number of alkyl halides is 3. The number of hydrogen-bond donors (Lipinski definition) is 1. The number of thioether (sulfide) groups is 1. The molecule has 3 nitrogen and oxygen atoms in total. The van der Waals surface area contributed by atoms with E-state index >= 15 is 0 Å². The highest BCUT2D eigenvalue weighted by Crippen LogP contribution is 2.42. The normalized spacial score (nSPS) is 16.8. The molecule has 0 spiro atoms. The molecule has 1 atom stereocenters. The third-order valence-corrected chi connectivity index (χ3v) is 5.88. The highest BCUT2D eigenvalue weighted by Gasteiger charge is 2.32. The average molecular weight is 408 g/mol. The van der Waals surface area contributed by atoms with Crippen LogP contribution in [0.2, 0.25) is 0 Å². The van der Waals surface area contributed by atoms with Gasteiger partial charge >= 0.3 is 6.18 Å². The Labute approximate surface area is 167 Å². The maximum Gasteiger partial charge on any atom is 0.416 e. The van der Waals surface area contributed by atoms with Crippen LogP contribution >= 0.6 is 11.8 Å². The molecule has 0 radical (unpaired) electrons. The topological polar surface area (TPSA) is 32.3 Å². The quantitative estimate of drug-likeness (QED) is 0.525. The molecule has 0 saturated heterocycles. The van der Waals surface area contributed by atoms with E-state index in [1.807, 2.05) is 32.3 Å². The van der Waals surface area contributed by atoms with Gasteiger partial charge in [-0.15, -0.1) is 11.8 Å². The van der Waals surface area contributed by atoms with Crippen LogP contribution in [-0.2, 0) is 11.0 Å². The van der Waals surface area contributed by atoms with Crippen molar-refractivity contribution in [2.75, 3.05) is 31.7 Å². The summed E-state index contributed by atoms with van der Waals surface area (Å²) in [6.45, 7) is 0.989. The number of carbonyl (C=O) groups is 1. The summed E-state index contributed by atoms with van der Waals surface area (Å²) in [4.78, 5) is 15.4. The minimum absolute atomic E-state index is 0.112. The number of anilines is 1. The third kappa shape index (κ3) is 4.89. The molecule has 0 aromatic heterocycles. The van der Waals surface area contributed by atoms with Crippen molar-refractivity contribution < 1.29 is 18.0 Å². The van der Waals surface area contributed by atoms with Gasteiger partial charge in [-0.25, -0.2) is 0 Å². The van der Waals surface area contributed by atoms with E-state index in [1.165, 1.54) is 12.1 Å². The zero-order chi connectivity index (χ0) is 20.3. The van der Waals surface area contributed by atoms with Crippen molar-refractivity contribution in [3.8, 4) is 0 Å². The number of halogens is 3. The average Bonchev–Trinajstić information content (AvgIpc) is 2.64. The van der Waals surface area contributed by atoms with Gasteiger partial charge in [0.1, 0.15) is 0 Å². The van der Waals surface area contributed by atoms with Gasteiger partial charge < -0.3 is 10.2 Å². The van der Waals surface area contributed by atoms with Crippen molar-refractivity contribution in [1.82, 2.24) is 4.90 Å². The molecule has 0 bridgehead atoms. The molecule has 0 saturated carbocycles. The van der Waals surface area contributed by atoms with Crippen molar-refractivity contribution in [2.24, 2.45) is 0 Å². The van der Waals surface area contributed by atoms with Crippen LogP contribution in [-0.4, -0.2) is 37.2 Å². The molecule has 150 valence electrons. The van der Waals surface area contributed by atoms with Crippen LogP contribution in [0.5, 0.6) is 0 Å². The van der Waals surface area contributed by atoms with Gasteiger partial charge in [-0.05, 0) is 62.1 Å². The summed E-state index contributed by atoms with van der Waals surface area (Å²) in [7, 11) is 4.06. The largest absolute Gasteiger partial charge is 0.416 e. The fourth-order valence-corrected chi connectivity index (χ4v) is 4.32. The Balaban J connectivity index is 1.85. The second-order valence-electron chi connectivity index (χ2n) is 7.15. The maximum absolute atomic E-state index is 12.8. The second-order valence-corrected chi connectivity index (χ2v) is 8.29. The molecule has 28 heavy (non-hydrogen) atoms. The molecule has 1 amide bonds. The number of rotatable bonds is 6.